The van der Waals surface area contributed by atoms with Crippen LogP contribution < -0.4 is 20.7 Å². The summed E-state index contributed by atoms with van der Waals surface area (Å²) in [5, 5.41) is 9.80. The molecule has 0 aromatic heterocycles. The molecule has 6 heteroatoms. The summed E-state index contributed by atoms with van der Waals surface area (Å²) in [6.07, 6.45) is 0. The van der Waals surface area contributed by atoms with Crippen LogP contribution in [0.5, 0.6) is 5.75 Å². The minimum absolute atomic E-state index is 0.174. The molecule has 0 saturated carbocycles. The zero-order valence-electron chi connectivity index (χ0n) is 17.2. The highest BCUT2D eigenvalue weighted by Gasteiger charge is 2.30. The predicted octanol–water partition coefficient (Wildman–Crippen LogP) is 4.64. The molecule has 1 amide bonds. The second-order valence-corrected chi connectivity index (χ2v) is 7.71. The van der Waals surface area contributed by atoms with Crippen LogP contribution in [0.1, 0.15) is 50.8 Å². The summed E-state index contributed by atoms with van der Waals surface area (Å²) in [6.45, 7) is 8.73. The zero-order valence-corrected chi connectivity index (χ0v) is 18.0. The van der Waals surface area contributed by atoms with Crippen LogP contribution >= 0.6 is 12.2 Å². The Hall–Kier alpha value is -2.86. The number of hydrogen-bond acceptors (Lipinski definition) is 3. The summed E-state index contributed by atoms with van der Waals surface area (Å²) in [5.41, 5.74) is 4.32. The van der Waals surface area contributed by atoms with E-state index in [1.165, 1.54) is 5.56 Å². The van der Waals surface area contributed by atoms with E-state index in [0.29, 0.717) is 28.9 Å². The van der Waals surface area contributed by atoms with E-state index in [1.807, 2.05) is 38.1 Å². The monoisotopic (exact) mass is 409 g/mol. The van der Waals surface area contributed by atoms with Gasteiger partial charge in [-0.3, -0.25) is 4.79 Å². The molecule has 5 nitrogen and oxygen atoms in total. The van der Waals surface area contributed by atoms with Crippen LogP contribution in [0.15, 0.2) is 59.8 Å². The molecule has 0 aliphatic carbocycles. The van der Waals surface area contributed by atoms with E-state index in [9.17, 15) is 4.79 Å². The number of thiocarbonyl (C=S) groups is 1. The van der Waals surface area contributed by atoms with E-state index in [1.54, 1.807) is 0 Å². The molecule has 0 saturated heterocycles. The van der Waals surface area contributed by atoms with Crippen molar-refractivity contribution in [3.63, 3.8) is 0 Å². The van der Waals surface area contributed by atoms with Gasteiger partial charge in [0.25, 0.3) is 5.91 Å². The van der Waals surface area contributed by atoms with Crippen LogP contribution in [0, 0.1) is 0 Å². The molecule has 2 aromatic rings. The zero-order chi connectivity index (χ0) is 21.0. The van der Waals surface area contributed by atoms with Gasteiger partial charge in [-0.2, -0.15) is 0 Å². The minimum Gasteiger partial charge on any atom is -0.494 e. The maximum Gasteiger partial charge on any atom is 0.255 e. The van der Waals surface area contributed by atoms with Gasteiger partial charge < -0.3 is 20.7 Å². The van der Waals surface area contributed by atoms with Crippen LogP contribution in [0.25, 0.3) is 0 Å². The van der Waals surface area contributed by atoms with E-state index in [0.717, 1.165) is 17.0 Å². The predicted molar refractivity (Wildman–Crippen MR) is 121 cm³/mol. The number of carbonyl (C=O) groups is 1. The first kappa shape index (κ1) is 20.9. The smallest absolute Gasteiger partial charge is 0.255 e. The second kappa shape index (κ2) is 9.09. The lowest BCUT2D eigenvalue weighted by Gasteiger charge is -2.30. The lowest BCUT2D eigenvalue weighted by molar-refractivity contribution is -0.113. The van der Waals surface area contributed by atoms with E-state index in [-0.39, 0.29) is 11.9 Å². The number of carbonyl (C=O) groups excluding carboxylic acids is 1. The summed E-state index contributed by atoms with van der Waals surface area (Å²) in [5.74, 6) is 1.05. The van der Waals surface area contributed by atoms with Crippen LogP contribution in [-0.4, -0.2) is 17.6 Å². The van der Waals surface area contributed by atoms with E-state index in [4.69, 9.17) is 17.0 Å². The molecule has 0 bridgehead atoms. The lowest BCUT2D eigenvalue weighted by atomic mass is 9.92. The van der Waals surface area contributed by atoms with Gasteiger partial charge in [-0.15, -0.1) is 0 Å². The van der Waals surface area contributed by atoms with E-state index < -0.39 is 0 Å². The van der Waals surface area contributed by atoms with Crippen molar-refractivity contribution < 1.29 is 9.53 Å². The van der Waals surface area contributed by atoms with Crippen molar-refractivity contribution in [2.24, 2.45) is 0 Å². The van der Waals surface area contributed by atoms with Gasteiger partial charge in [0.2, 0.25) is 0 Å². The molecule has 29 heavy (non-hydrogen) atoms. The molecule has 1 unspecified atom stereocenters. The number of rotatable bonds is 6. The number of allylic oxidation sites excluding steroid dienone is 1. The van der Waals surface area contributed by atoms with Crippen molar-refractivity contribution in [2.75, 3.05) is 11.9 Å². The normalized spacial score (nSPS) is 16.3. The fourth-order valence-electron chi connectivity index (χ4n) is 3.32. The van der Waals surface area contributed by atoms with Gasteiger partial charge in [0.05, 0.1) is 18.2 Å². The van der Waals surface area contributed by atoms with Crippen LogP contribution in [0.3, 0.4) is 0 Å². The molecule has 3 N–H and O–H groups in total. The standard InChI is InChI=1S/C23H27N3O2S/c1-5-28-19-12-10-18(11-13-19)25-22(27)20-15(4)24-23(29)26-21(20)17-8-6-16(7-9-17)14(2)3/h6-14,21H,5H2,1-4H3,(H,25,27)(H2,24,26,29). The van der Waals surface area contributed by atoms with Crippen molar-refractivity contribution in [3.8, 4) is 5.75 Å². The number of ether oxygens (including phenoxy) is 1. The third kappa shape index (κ3) is 4.95. The molecule has 1 aliphatic heterocycles. The quantitative estimate of drug-likeness (QED) is 0.607. The van der Waals surface area contributed by atoms with Gasteiger partial charge in [-0.05, 0) is 67.4 Å². The van der Waals surface area contributed by atoms with Gasteiger partial charge in [-0.1, -0.05) is 38.1 Å². The number of nitrogens with one attached hydrogen (secondary N) is 3. The maximum absolute atomic E-state index is 13.1. The van der Waals surface area contributed by atoms with E-state index >= 15 is 0 Å². The molecular weight excluding hydrogens is 382 g/mol. The summed E-state index contributed by atoms with van der Waals surface area (Å²) in [4.78, 5) is 13.1. The molecular formula is C23H27N3O2S. The molecule has 0 spiro atoms. The number of hydrogen-bond donors (Lipinski definition) is 3. The van der Waals surface area contributed by atoms with Crippen molar-refractivity contribution in [1.82, 2.24) is 10.6 Å². The van der Waals surface area contributed by atoms with Gasteiger partial charge >= 0.3 is 0 Å². The molecule has 0 radical (unpaired) electrons. The van der Waals surface area contributed by atoms with Crippen LogP contribution in [0.2, 0.25) is 0 Å². The Morgan fingerprint density at radius 3 is 2.38 bits per heavy atom. The molecule has 152 valence electrons. The topological polar surface area (TPSA) is 62.4 Å². The highest BCUT2D eigenvalue weighted by atomic mass is 32.1. The summed E-state index contributed by atoms with van der Waals surface area (Å²) in [7, 11) is 0. The highest BCUT2D eigenvalue weighted by Crippen LogP contribution is 2.29. The largest absolute Gasteiger partial charge is 0.494 e. The first-order valence-electron chi connectivity index (χ1n) is 9.81. The molecule has 3 rings (SSSR count). The van der Waals surface area contributed by atoms with Gasteiger partial charge in [-0.25, -0.2) is 0 Å². The van der Waals surface area contributed by atoms with E-state index in [2.05, 4.69) is 54.1 Å². The average molecular weight is 410 g/mol. The Morgan fingerprint density at radius 2 is 1.79 bits per heavy atom. The highest BCUT2D eigenvalue weighted by molar-refractivity contribution is 7.80. The first-order chi connectivity index (χ1) is 13.9. The fourth-order valence-corrected chi connectivity index (χ4v) is 3.59. The van der Waals surface area contributed by atoms with Crippen molar-refractivity contribution in [3.05, 3.63) is 70.9 Å². The minimum atomic E-state index is -0.312. The SMILES string of the molecule is CCOc1ccc(NC(=O)C2=C(C)NC(=S)NC2c2ccc(C(C)C)cc2)cc1. The fraction of sp³-hybridized carbons (Fsp3) is 0.304. The van der Waals surface area contributed by atoms with Gasteiger partial charge in [0, 0.05) is 11.4 Å². The molecule has 2 aromatic carbocycles. The third-order valence-electron chi connectivity index (χ3n) is 4.87. The lowest BCUT2D eigenvalue weighted by Crippen LogP contribution is -2.45. The van der Waals surface area contributed by atoms with Crippen LogP contribution in [0.4, 0.5) is 5.69 Å². The van der Waals surface area contributed by atoms with Crippen LogP contribution in [-0.2, 0) is 4.79 Å². The Morgan fingerprint density at radius 1 is 1.14 bits per heavy atom. The molecule has 0 fully saturated rings. The Bertz CT molecular complexity index is 918. The summed E-state index contributed by atoms with van der Waals surface area (Å²) >= 11 is 5.33. The molecule has 1 heterocycles. The third-order valence-corrected chi connectivity index (χ3v) is 5.09. The first-order valence-corrected chi connectivity index (χ1v) is 10.2. The average Bonchev–Trinajstić information content (AvgIpc) is 2.69. The Kier molecular flexibility index (Phi) is 6.54. The Labute approximate surface area is 177 Å². The maximum atomic E-state index is 13.1. The van der Waals surface area contributed by atoms with Gasteiger partial charge in [0.15, 0.2) is 5.11 Å². The Balaban J connectivity index is 1.85. The number of benzene rings is 2. The number of amides is 1. The van der Waals surface area contributed by atoms with Crippen molar-refractivity contribution in [2.45, 2.75) is 39.7 Å². The number of anilines is 1. The summed E-state index contributed by atoms with van der Waals surface area (Å²) < 4.78 is 5.46. The second-order valence-electron chi connectivity index (χ2n) is 7.30. The summed E-state index contributed by atoms with van der Waals surface area (Å²) in [6, 6.07) is 15.3. The van der Waals surface area contributed by atoms with Crippen molar-refractivity contribution in [1.29, 1.82) is 0 Å². The van der Waals surface area contributed by atoms with Gasteiger partial charge in [0.1, 0.15) is 5.75 Å². The molecule has 1 atom stereocenters. The molecule has 1 aliphatic rings. The van der Waals surface area contributed by atoms with Crippen molar-refractivity contribution >= 4 is 28.9 Å².